The molecule has 0 unspecified atom stereocenters. The van der Waals surface area contributed by atoms with Crippen LogP contribution < -0.4 is 5.73 Å². The van der Waals surface area contributed by atoms with E-state index in [1.807, 2.05) is 6.07 Å². The maximum absolute atomic E-state index is 5.67. The van der Waals surface area contributed by atoms with Crippen LogP contribution >= 0.6 is 0 Å². The predicted molar refractivity (Wildman–Crippen MR) is 54.8 cm³/mol. The zero-order valence-electron chi connectivity index (χ0n) is 8.44. The largest absolute Gasteiger partial charge is 0.372 e. The zero-order chi connectivity index (χ0) is 9.97. The molecule has 0 aliphatic heterocycles. The van der Waals surface area contributed by atoms with Crippen molar-refractivity contribution in [3.05, 3.63) is 29.6 Å². The number of hydrogen-bond donors (Lipinski definition) is 1. The van der Waals surface area contributed by atoms with Gasteiger partial charge in [-0.1, -0.05) is 6.07 Å². The van der Waals surface area contributed by atoms with Crippen LogP contribution in [0.5, 0.6) is 0 Å². The average molecular weight is 192 g/mol. The molecule has 0 amide bonds. The summed E-state index contributed by atoms with van der Waals surface area (Å²) in [6.45, 7) is 2.67. The van der Waals surface area contributed by atoms with Crippen molar-refractivity contribution in [3.63, 3.8) is 0 Å². The molecule has 1 saturated carbocycles. The second-order valence-electron chi connectivity index (χ2n) is 3.93. The monoisotopic (exact) mass is 192 g/mol. The van der Waals surface area contributed by atoms with Gasteiger partial charge in [-0.15, -0.1) is 0 Å². The molecule has 3 nitrogen and oxygen atoms in total. The second-order valence-corrected chi connectivity index (χ2v) is 3.93. The highest BCUT2D eigenvalue weighted by Gasteiger charge is 2.26. The molecule has 76 valence electrons. The van der Waals surface area contributed by atoms with Crippen molar-refractivity contribution in [1.82, 2.24) is 4.98 Å². The summed E-state index contributed by atoms with van der Waals surface area (Å²) in [6.07, 6.45) is 4.14. The number of pyridine rings is 1. The molecule has 0 atom stereocenters. The van der Waals surface area contributed by atoms with E-state index in [0.717, 1.165) is 18.5 Å². The van der Waals surface area contributed by atoms with E-state index in [9.17, 15) is 0 Å². The van der Waals surface area contributed by atoms with Gasteiger partial charge in [-0.2, -0.15) is 0 Å². The molecule has 3 heteroatoms. The predicted octanol–water partition coefficient (Wildman–Crippen LogP) is 1.40. The number of aryl methyl sites for hydroxylation is 1. The van der Waals surface area contributed by atoms with Gasteiger partial charge in [0.1, 0.15) is 0 Å². The molecule has 1 aliphatic carbocycles. The van der Waals surface area contributed by atoms with Crippen LogP contribution in [0.1, 0.15) is 24.1 Å². The lowest BCUT2D eigenvalue weighted by atomic mass is 9.90. The van der Waals surface area contributed by atoms with Gasteiger partial charge in [0.15, 0.2) is 0 Å². The molecule has 0 spiro atoms. The fourth-order valence-electron chi connectivity index (χ4n) is 1.61. The van der Waals surface area contributed by atoms with E-state index in [1.54, 1.807) is 6.20 Å². The maximum atomic E-state index is 5.67. The zero-order valence-corrected chi connectivity index (χ0v) is 8.44. The van der Waals surface area contributed by atoms with Crippen LogP contribution in [0.15, 0.2) is 18.3 Å². The average Bonchev–Trinajstić information content (AvgIpc) is 2.13. The van der Waals surface area contributed by atoms with E-state index in [2.05, 4.69) is 18.0 Å². The third-order valence-corrected chi connectivity index (χ3v) is 2.70. The van der Waals surface area contributed by atoms with E-state index in [0.29, 0.717) is 18.8 Å². The molecule has 2 rings (SSSR count). The quantitative estimate of drug-likeness (QED) is 0.787. The summed E-state index contributed by atoms with van der Waals surface area (Å²) < 4.78 is 5.67. The van der Waals surface area contributed by atoms with Gasteiger partial charge in [0.2, 0.25) is 0 Å². The second kappa shape index (κ2) is 4.07. The van der Waals surface area contributed by atoms with Crippen molar-refractivity contribution >= 4 is 0 Å². The summed E-state index contributed by atoms with van der Waals surface area (Å²) >= 11 is 0. The number of ether oxygens (including phenoxy) is 1. The highest BCUT2D eigenvalue weighted by molar-refractivity contribution is 5.16. The van der Waals surface area contributed by atoms with Gasteiger partial charge in [0, 0.05) is 12.2 Å². The van der Waals surface area contributed by atoms with E-state index >= 15 is 0 Å². The highest BCUT2D eigenvalue weighted by atomic mass is 16.5. The molecule has 0 aromatic carbocycles. The lowest BCUT2D eigenvalue weighted by molar-refractivity contribution is -0.0203. The van der Waals surface area contributed by atoms with Crippen molar-refractivity contribution in [2.45, 2.75) is 38.5 Å². The third kappa shape index (κ3) is 2.11. The van der Waals surface area contributed by atoms with Crippen molar-refractivity contribution < 1.29 is 4.74 Å². The van der Waals surface area contributed by atoms with Gasteiger partial charge >= 0.3 is 0 Å². The smallest absolute Gasteiger partial charge is 0.0894 e. The number of hydrogen-bond acceptors (Lipinski definition) is 3. The summed E-state index contributed by atoms with van der Waals surface area (Å²) in [6, 6.07) is 4.35. The van der Waals surface area contributed by atoms with Crippen molar-refractivity contribution in [1.29, 1.82) is 0 Å². The Bertz CT molecular complexity index is 308. The van der Waals surface area contributed by atoms with Crippen molar-refractivity contribution in [2.75, 3.05) is 0 Å². The number of aromatic nitrogens is 1. The Morgan fingerprint density at radius 3 is 3.00 bits per heavy atom. The molecule has 14 heavy (non-hydrogen) atoms. The van der Waals surface area contributed by atoms with Crippen molar-refractivity contribution in [2.24, 2.45) is 5.73 Å². The standard InChI is InChI=1S/C11H16N2O/c1-8-3-2-4-13-11(8)7-14-10-5-9(12)6-10/h2-4,9-10H,5-7,12H2,1H3. The normalized spacial score (nSPS) is 25.9. The van der Waals surface area contributed by atoms with Crippen LogP contribution in [0.3, 0.4) is 0 Å². The first kappa shape index (κ1) is 9.62. The molecule has 1 heterocycles. The summed E-state index contributed by atoms with van der Waals surface area (Å²) in [5, 5.41) is 0. The Kier molecular flexibility index (Phi) is 2.79. The molecule has 1 aliphatic rings. The van der Waals surface area contributed by atoms with Gasteiger partial charge in [-0.25, -0.2) is 0 Å². The Balaban J connectivity index is 1.83. The van der Waals surface area contributed by atoms with Gasteiger partial charge < -0.3 is 10.5 Å². The van der Waals surface area contributed by atoms with Crippen LogP contribution in [0.25, 0.3) is 0 Å². The highest BCUT2D eigenvalue weighted by Crippen LogP contribution is 2.22. The minimum absolute atomic E-state index is 0.352. The number of nitrogens with zero attached hydrogens (tertiary/aromatic N) is 1. The lowest BCUT2D eigenvalue weighted by Crippen LogP contribution is -2.41. The van der Waals surface area contributed by atoms with Gasteiger partial charge in [-0.05, 0) is 31.4 Å². The van der Waals surface area contributed by atoms with E-state index in [4.69, 9.17) is 10.5 Å². The SMILES string of the molecule is Cc1cccnc1COC1CC(N)C1. The van der Waals surface area contributed by atoms with Crippen LogP contribution in [0.2, 0.25) is 0 Å². The number of rotatable bonds is 3. The van der Waals surface area contributed by atoms with Crippen LogP contribution in [-0.4, -0.2) is 17.1 Å². The van der Waals surface area contributed by atoms with Gasteiger partial charge in [0.25, 0.3) is 0 Å². The maximum Gasteiger partial charge on any atom is 0.0894 e. The Morgan fingerprint density at radius 1 is 1.57 bits per heavy atom. The summed E-state index contributed by atoms with van der Waals surface area (Å²) in [5.74, 6) is 0. The Hall–Kier alpha value is -0.930. The van der Waals surface area contributed by atoms with Gasteiger partial charge in [0.05, 0.1) is 18.4 Å². The topological polar surface area (TPSA) is 48.1 Å². The summed E-state index contributed by atoms with van der Waals surface area (Å²) in [7, 11) is 0. The van der Waals surface area contributed by atoms with E-state index in [-0.39, 0.29) is 0 Å². The van der Waals surface area contributed by atoms with Crippen molar-refractivity contribution in [3.8, 4) is 0 Å². The minimum Gasteiger partial charge on any atom is -0.372 e. The minimum atomic E-state index is 0.352. The first-order valence-corrected chi connectivity index (χ1v) is 5.03. The molecule has 2 N–H and O–H groups in total. The summed E-state index contributed by atoms with van der Waals surface area (Å²) in [5.41, 5.74) is 7.90. The van der Waals surface area contributed by atoms with Crippen LogP contribution in [0, 0.1) is 6.92 Å². The molecule has 0 radical (unpaired) electrons. The molecule has 0 bridgehead atoms. The Morgan fingerprint density at radius 2 is 2.36 bits per heavy atom. The molecule has 0 saturated heterocycles. The summed E-state index contributed by atoms with van der Waals surface area (Å²) in [4.78, 5) is 4.27. The molecule has 1 fully saturated rings. The van der Waals surface area contributed by atoms with Crippen LogP contribution in [-0.2, 0) is 11.3 Å². The first-order valence-electron chi connectivity index (χ1n) is 5.03. The van der Waals surface area contributed by atoms with Crippen LogP contribution in [0.4, 0.5) is 0 Å². The van der Waals surface area contributed by atoms with E-state index in [1.165, 1.54) is 5.56 Å². The van der Waals surface area contributed by atoms with Gasteiger partial charge in [-0.3, -0.25) is 4.98 Å². The van der Waals surface area contributed by atoms with E-state index < -0.39 is 0 Å². The Labute approximate surface area is 84.3 Å². The fourth-order valence-corrected chi connectivity index (χ4v) is 1.61. The molecule has 1 aromatic heterocycles. The first-order chi connectivity index (χ1) is 6.75. The molecule has 1 aromatic rings. The molecular weight excluding hydrogens is 176 g/mol. The third-order valence-electron chi connectivity index (χ3n) is 2.70. The number of nitrogens with two attached hydrogens (primary N) is 1. The molecular formula is C11H16N2O. The lowest BCUT2D eigenvalue weighted by Gasteiger charge is -2.32. The fraction of sp³-hybridized carbons (Fsp3) is 0.545.